The van der Waals surface area contributed by atoms with Gasteiger partial charge in [0.05, 0.1) is 16.1 Å². The zero-order chi connectivity index (χ0) is 23.0. The van der Waals surface area contributed by atoms with Gasteiger partial charge in [0.25, 0.3) is 10.0 Å². The molecular weight excluding hydrogens is 532 g/mol. The Morgan fingerprint density at radius 3 is 2.30 bits per heavy atom. The molecule has 2 heterocycles. The van der Waals surface area contributed by atoms with Gasteiger partial charge < -0.3 is 14.8 Å². The second kappa shape index (κ2) is 8.69. The largest absolute Gasteiger partial charge is 0.486 e. The van der Waals surface area contributed by atoms with E-state index in [1.165, 1.54) is 12.1 Å². The van der Waals surface area contributed by atoms with Gasteiger partial charge in [-0.1, -0.05) is 39.7 Å². The number of sulfonamides is 1. The van der Waals surface area contributed by atoms with Crippen molar-refractivity contribution in [1.29, 1.82) is 0 Å². The van der Waals surface area contributed by atoms with E-state index in [1.807, 2.05) is 6.07 Å². The molecule has 4 aromatic rings. The van der Waals surface area contributed by atoms with Crippen molar-refractivity contribution < 1.29 is 17.9 Å². The number of nitrogens with one attached hydrogen (secondary N) is 2. The van der Waals surface area contributed by atoms with Crippen LogP contribution in [-0.2, 0) is 10.0 Å². The molecule has 3 aromatic carbocycles. The minimum absolute atomic E-state index is 0.0302. The van der Waals surface area contributed by atoms with Crippen molar-refractivity contribution >= 4 is 65.9 Å². The maximum Gasteiger partial charge on any atom is 0.264 e. The van der Waals surface area contributed by atoms with E-state index in [4.69, 9.17) is 21.1 Å². The van der Waals surface area contributed by atoms with Crippen molar-refractivity contribution in [3.63, 3.8) is 0 Å². The molecule has 11 heteroatoms. The molecule has 2 N–H and O–H groups in total. The number of rotatable bonds is 5. The maximum atomic E-state index is 13.1. The molecule has 0 unspecified atom stereocenters. The zero-order valence-electron chi connectivity index (χ0n) is 16.9. The van der Waals surface area contributed by atoms with Gasteiger partial charge in [-0.25, -0.2) is 18.4 Å². The summed E-state index contributed by atoms with van der Waals surface area (Å²) in [6.07, 6.45) is 0. The Bertz CT molecular complexity index is 1480. The highest BCUT2D eigenvalue weighted by Gasteiger charge is 2.22. The van der Waals surface area contributed by atoms with Gasteiger partial charge in [0, 0.05) is 16.2 Å². The molecule has 1 aromatic heterocycles. The molecule has 168 valence electrons. The van der Waals surface area contributed by atoms with Crippen LogP contribution < -0.4 is 19.5 Å². The van der Waals surface area contributed by atoms with Crippen molar-refractivity contribution in [2.45, 2.75) is 4.90 Å². The average Bonchev–Trinajstić information content (AvgIpc) is 2.79. The van der Waals surface area contributed by atoms with E-state index in [9.17, 15) is 8.42 Å². The Morgan fingerprint density at radius 1 is 0.879 bits per heavy atom. The summed E-state index contributed by atoms with van der Waals surface area (Å²) in [5, 5.41) is 3.21. The van der Waals surface area contributed by atoms with E-state index < -0.39 is 10.0 Å². The van der Waals surface area contributed by atoms with Crippen LogP contribution in [0.2, 0.25) is 5.02 Å². The second-order valence-electron chi connectivity index (χ2n) is 7.07. The molecule has 0 radical (unpaired) electrons. The number of hydrogen-bond acceptors (Lipinski definition) is 7. The number of halogens is 2. The van der Waals surface area contributed by atoms with Crippen LogP contribution in [0.4, 0.5) is 17.3 Å². The summed E-state index contributed by atoms with van der Waals surface area (Å²) in [5.41, 5.74) is 1.76. The molecule has 8 nitrogen and oxygen atoms in total. The number of anilines is 3. The highest BCUT2D eigenvalue weighted by molar-refractivity contribution is 9.10. The summed E-state index contributed by atoms with van der Waals surface area (Å²) in [7, 11) is -4.05. The third kappa shape index (κ3) is 4.54. The minimum atomic E-state index is -4.05. The predicted molar refractivity (Wildman–Crippen MR) is 130 cm³/mol. The number of nitrogens with zero attached hydrogens (tertiary/aromatic N) is 2. The first-order valence-corrected chi connectivity index (χ1v) is 12.5. The number of para-hydroxylation sites is 2. The lowest BCUT2D eigenvalue weighted by molar-refractivity contribution is 0.171. The maximum absolute atomic E-state index is 13.1. The standard InChI is InChI=1S/C22H16BrClN4O4S/c23-13-5-8-20(15(24)11-13)33(29,30)28-22-21(26-16-3-1-2-4-17(16)27-22)25-14-6-7-18-19(12-14)32-10-9-31-18/h1-8,11-12H,9-10H2,(H,25,26)(H,27,28). The Hall–Kier alpha value is -3.08. The summed E-state index contributed by atoms with van der Waals surface area (Å²) in [4.78, 5) is 9.00. The lowest BCUT2D eigenvalue weighted by Gasteiger charge is -2.19. The number of hydrogen-bond donors (Lipinski definition) is 2. The molecule has 5 rings (SSSR count). The zero-order valence-corrected chi connectivity index (χ0v) is 20.0. The van der Waals surface area contributed by atoms with Gasteiger partial charge in [-0.3, -0.25) is 4.72 Å². The summed E-state index contributed by atoms with van der Waals surface area (Å²) in [5.74, 6) is 1.48. The number of fused-ring (bicyclic) bond motifs is 2. The van der Waals surface area contributed by atoms with Crippen molar-refractivity contribution in [3.8, 4) is 11.5 Å². The van der Waals surface area contributed by atoms with Crippen LogP contribution in [0.5, 0.6) is 11.5 Å². The van der Waals surface area contributed by atoms with Gasteiger partial charge in [0.15, 0.2) is 23.1 Å². The smallest absolute Gasteiger partial charge is 0.264 e. The van der Waals surface area contributed by atoms with Gasteiger partial charge in [0.2, 0.25) is 0 Å². The number of ether oxygens (including phenoxy) is 2. The molecule has 0 bridgehead atoms. The predicted octanol–water partition coefficient (Wildman–Crippen LogP) is 5.36. The first-order chi connectivity index (χ1) is 15.9. The molecule has 33 heavy (non-hydrogen) atoms. The third-order valence-corrected chi connectivity index (χ3v) is 7.11. The van der Waals surface area contributed by atoms with Crippen LogP contribution in [0.1, 0.15) is 0 Å². The third-order valence-electron chi connectivity index (χ3n) is 4.79. The fraction of sp³-hybridized carbons (Fsp3) is 0.0909. The van der Waals surface area contributed by atoms with Crippen LogP contribution in [0.3, 0.4) is 0 Å². The molecule has 0 atom stereocenters. The number of aromatic nitrogens is 2. The van der Waals surface area contributed by atoms with E-state index in [0.717, 1.165) is 0 Å². The lowest BCUT2D eigenvalue weighted by Crippen LogP contribution is -2.17. The fourth-order valence-electron chi connectivity index (χ4n) is 3.29. The van der Waals surface area contributed by atoms with Crippen LogP contribution in [-0.4, -0.2) is 31.6 Å². The minimum Gasteiger partial charge on any atom is -0.486 e. The lowest BCUT2D eigenvalue weighted by atomic mass is 10.2. The Balaban J connectivity index is 1.56. The quantitative estimate of drug-likeness (QED) is 0.347. The Morgan fingerprint density at radius 2 is 1.58 bits per heavy atom. The topological polar surface area (TPSA) is 102 Å². The van der Waals surface area contributed by atoms with E-state index in [0.29, 0.717) is 45.9 Å². The van der Waals surface area contributed by atoms with Crippen molar-refractivity contribution in [2.75, 3.05) is 23.3 Å². The van der Waals surface area contributed by atoms with E-state index in [1.54, 1.807) is 42.5 Å². The summed E-state index contributed by atoms with van der Waals surface area (Å²) < 4.78 is 40.6. The van der Waals surface area contributed by atoms with E-state index in [-0.39, 0.29) is 21.6 Å². The molecule has 0 fully saturated rings. The molecule has 0 saturated carbocycles. The van der Waals surface area contributed by atoms with Crippen molar-refractivity contribution in [2.24, 2.45) is 0 Å². The van der Waals surface area contributed by atoms with Crippen molar-refractivity contribution in [3.05, 3.63) is 70.2 Å². The summed E-state index contributed by atoms with van der Waals surface area (Å²) >= 11 is 9.47. The molecule has 0 spiro atoms. The monoisotopic (exact) mass is 546 g/mol. The molecular formula is C22H16BrClN4O4S. The Kier molecular flexibility index (Phi) is 5.73. The molecule has 1 aliphatic rings. The first kappa shape index (κ1) is 21.7. The van der Waals surface area contributed by atoms with Crippen molar-refractivity contribution in [1.82, 2.24) is 9.97 Å². The van der Waals surface area contributed by atoms with Crippen LogP contribution in [0.15, 0.2) is 70.0 Å². The van der Waals surface area contributed by atoms with E-state index >= 15 is 0 Å². The fourth-order valence-corrected chi connectivity index (χ4v) is 5.34. The van der Waals surface area contributed by atoms with Crippen LogP contribution in [0.25, 0.3) is 11.0 Å². The average molecular weight is 548 g/mol. The summed E-state index contributed by atoms with van der Waals surface area (Å²) in [6, 6.07) is 17.0. The first-order valence-electron chi connectivity index (χ1n) is 9.80. The molecule has 0 amide bonds. The van der Waals surface area contributed by atoms with Gasteiger partial charge in [-0.15, -0.1) is 0 Å². The highest BCUT2D eigenvalue weighted by atomic mass is 79.9. The Labute approximate surface area is 203 Å². The molecule has 0 saturated heterocycles. The molecule has 0 aliphatic carbocycles. The van der Waals surface area contributed by atoms with Gasteiger partial charge in [-0.05, 0) is 42.5 Å². The van der Waals surface area contributed by atoms with Crippen LogP contribution in [0, 0.1) is 0 Å². The van der Waals surface area contributed by atoms with E-state index in [2.05, 4.69) is 35.9 Å². The van der Waals surface area contributed by atoms with Crippen LogP contribution >= 0.6 is 27.5 Å². The number of benzene rings is 3. The van der Waals surface area contributed by atoms with Gasteiger partial charge in [0.1, 0.15) is 18.1 Å². The summed E-state index contributed by atoms with van der Waals surface area (Å²) in [6.45, 7) is 0.936. The van der Waals surface area contributed by atoms with Gasteiger partial charge in [-0.2, -0.15) is 0 Å². The van der Waals surface area contributed by atoms with Gasteiger partial charge >= 0.3 is 0 Å². The highest BCUT2D eigenvalue weighted by Crippen LogP contribution is 2.35. The second-order valence-corrected chi connectivity index (χ2v) is 10.0. The SMILES string of the molecule is O=S(=O)(Nc1nc2ccccc2nc1Nc1ccc2c(c1)OCCO2)c1ccc(Br)cc1Cl. The normalized spacial score (nSPS) is 13.0. The molecule has 1 aliphatic heterocycles.